The van der Waals surface area contributed by atoms with E-state index >= 15 is 0 Å². The Morgan fingerprint density at radius 1 is 1.33 bits per heavy atom. The lowest BCUT2D eigenvalue weighted by molar-refractivity contribution is -0.102. The molecule has 1 saturated heterocycles. The van der Waals surface area contributed by atoms with Gasteiger partial charge in [-0.15, -0.1) is 0 Å². The van der Waals surface area contributed by atoms with E-state index < -0.39 is 0 Å². The van der Waals surface area contributed by atoms with E-state index in [4.69, 9.17) is 9.47 Å². The summed E-state index contributed by atoms with van der Waals surface area (Å²) in [6.45, 7) is 4.92. The van der Waals surface area contributed by atoms with Gasteiger partial charge in [-0.05, 0) is 18.7 Å². The van der Waals surface area contributed by atoms with Crippen LogP contribution in [0.3, 0.4) is 0 Å². The second kappa shape index (κ2) is 6.85. The lowest BCUT2D eigenvalue weighted by atomic mass is 10.0. The Hall–Kier alpha value is -1.69. The fourth-order valence-corrected chi connectivity index (χ4v) is 2.60. The van der Waals surface area contributed by atoms with Gasteiger partial charge in [0.2, 0.25) is 0 Å². The fourth-order valence-electron chi connectivity index (χ4n) is 2.60. The third-order valence-corrected chi connectivity index (χ3v) is 3.62. The number of benzene rings is 1. The van der Waals surface area contributed by atoms with Crippen LogP contribution >= 0.6 is 0 Å². The summed E-state index contributed by atoms with van der Waals surface area (Å²) >= 11 is 0. The van der Waals surface area contributed by atoms with Crippen molar-refractivity contribution in [1.29, 1.82) is 0 Å². The first-order valence-electron chi connectivity index (χ1n) is 7.41. The minimum Gasteiger partial charge on any atom is -0.376 e. The molecular weight excluding hydrogens is 266 g/mol. The van der Waals surface area contributed by atoms with Gasteiger partial charge >= 0.3 is 0 Å². The molecule has 1 aromatic carbocycles. The average molecular weight is 287 g/mol. The average Bonchev–Trinajstić information content (AvgIpc) is 3.04. The molecule has 3 rings (SSSR count). The summed E-state index contributed by atoms with van der Waals surface area (Å²) in [5.74, 6) is 0. The van der Waals surface area contributed by atoms with Gasteiger partial charge in [0.15, 0.2) is 0 Å². The predicted molar refractivity (Wildman–Crippen MR) is 80.5 cm³/mol. The number of rotatable bonds is 5. The number of hydrogen-bond donors (Lipinski definition) is 1. The van der Waals surface area contributed by atoms with Crippen molar-refractivity contribution in [2.75, 3.05) is 26.4 Å². The molecule has 1 N–H and O–H groups in total. The van der Waals surface area contributed by atoms with E-state index in [1.54, 1.807) is 0 Å². The smallest absolute Gasteiger partial charge is 0.100 e. The van der Waals surface area contributed by atoms with Gasteiger partial charge < -0.3 is 14.8 Å². The Morgan fingerprint density at radius 2 is 2.19 bits per heavy atom. The van der Waals surface area contributed by atoms with Crippen LogP contribution < -0.4 is 5.32 Å². The molecule has 0 bridgehead atoms. The maximum absolute atomic E-state index is 5.84. The molecule has 2 aromatic rings. The van der Waals surface area contributed by atoms with E-state index in [1.165, 1.54) is 0 Å². The maximum Gasteiger partial charge on any atom is 0.100 e. The third kappa shape index (κ3) is 3.32. The van der Waals surface area contributed by atoms with Crippen LogP contribution in [0.4, 0.5) is 0 Å². The Balaban J connectivity index is 1.81. The number of likely N-dealkylation sites (N-methyl/N-ethyl adjacent to an activating group) is 1. The molecule has 0 spiro atoms. The second-order valence-corrected chi connectivity index (χ2v) is 5.07. The molecule has 0 saturated carbocycles. The van der Waals surface area contributed by atoms with Gasteiger partial charge in [0.05, 0.1) is 37.7 Å². The van der Waals surface area contributed by atoms with E-state index in [0.29, 0.717) is 19.8 Å². The van der Waals surface area contributed by atoms with Crippen molar-refractivity contribution in [2.24, 2.45) is 0 Å². The van der Waals surface area contributed by atoms with Crippen molar-refractivity contribution in [3.63, 3.8) is 0 Å². The minimum absolute atomic E-state index is 0.0344. The van der Waals surface area contributed by atoms with Crippen LogP contribution in [0.15, 0.2) is 42.7 Å². The van der Waals surface area contributed by atoms with Crippen LogP contribution in [0.2, 0.25) is 0 Å². The molecule has 21 heavy (non-hydrogen) atoms. The molecule has 2 atom stereocenters. The summed E-state index contributed by atoms with van der Waals surface area (Å²) in [6.07, 6.45) is 3.99. The zero-order chi connectivity index (χ0) is 14.5. The van der Waals surface area contributed by atoms with Crippen LogP contribution in [0, 0.1) is 0 Å². The molecule has 1 aliphatic heterocycles. The summed E-state index contributed by atoms with van der Waals surface area (Å²) in [5.41, 5.74) is 2.18. The van der Waals surface area contributed by atoms with Gasteiger partial charge in [0.25, 0.3) is 0 Å². The number of nitrogens with zero attached hydrogens (tertiary/aromatic N) is 2. The van der Waals surface area contributed by atoms with Crippen molar-refractivity contribution in [2.45, 2.75) is 19.1 Å². The summed E-state index contributed by atoms with van der Waals surface area (Å²) < 4.78 is 13.3. The monoisotopic (exact) mass is 287 g/mol. The molecule has 0 aliphatic carbocycles. The molecule has 1 aromatic heterocycles. The molecule has 5 heteroatoms. The Morgan fingerprint density at radius 3 is 2.90 bits per heavy atom. The number of hydrogen-bond acceptors (Lipinski definition) is 4. The van der Waals surface area contributed by atoms with E-state index in [9.17, 15) is 0 Å². The Bertz CT molecular complexity index is 550. The highest BCUT2D eigenvalue weighted by Gasteiger charge is 2.27. The van der Waals surface area contributed by atoms with E-state index in [2.05, 4.69) is 23.5 Å². The van der Waals surface area contributed by atoms with Gasteiger partial charge in [0, 0.05) is 11.8 Å². The SMILES string of the molecule is CCNC(c1cnn(-c2ccccc2)c1)C1COCCO1. The molecule has 112 valence electrons. The molecule has 0 amide bonds. The zero-order valence-electron chi connectivity index (χ0n) is 12.2. The van der Waals surface area contributed by atoms with E-state index in [1.807, 2.05) is 41.2 Å². The quantitative estimate of drug-likeness (QED) is 0.913. The number of para-hydroxylation sites is 1. The van der Waals surface area contributed by atoms with Crippen LogP contribution in [0.25, 0.3) is 5.69 Å². The highest BCUT2D eigenvalue weighted by atomic mass is 16.6. The first-order valence-corrected chi connectivity index (χ1v) is 7.41. The van der Waals surface area contributed by atoms with E-state index in [-0.39, 0.29) is 12.1 Å². The summed E-state index contributed by atoms with van der Waals surface area (Å²) in [6, 6.07) is 10.2. The molecule has 2 heterocycles. The normalized spacial score (nSPS) is 20.3. The van der Waals surface area contributed by atoms with Gasteiger partial charge in [-0.25, -0.2) is 4.68 Å². The number of ether oxygens (including phenoxy) is 2. The van der Waals surface area contributed by atoms with Crippen molar-refractivity contribution in [1.82, 2.24) is 15.1 Å². The van der Waals surface area contributed by atoms with Crippen molar-refractivity contribution in [3.8, 4) is 5.69 Å². The molecule has 1 aliphatic rings. The van der Waals surface area contributed by atoms with Gasteiger partial charge in [-0.1, -0.05) is 25.1 Å². The predicted octanol–water partition coefficient (Wildman–Crippen LogP) is 1.94. The first kappa shape index (κ1) is 14.3. The van der Waals surface area contributed by atoms with Gasteiger partial charge in [0.1, 0.15) is 6.10 Å². The number of aromatic nitrogens is 2. The van der Waals surface area contributed by atoms with Crippen LogP contribution in [-0.2, 0) is 9.47 Å². The molecule has 0 radical (unpaired) electrons. The van der Waals surface area contributed by atoms with Crippen molar-refractivity contribution < 1.29 is 9.47 Å². The maximum atomic E-state index is 5.84. The summed E-state index contributed by atoms with van der Waals surface area (Å²) in [4.78, 5) is 0. The van der Waals surface area contributed by atoms with E-state index in [0.717, 1.165) is 17.8 Å². The van der Waals surface area contributed by atoms with Crippen LogP contribution in [0.5, 0.6) is 0 Å². The Labute approximate surface area is 124 Å². The topological polar surface area (TPSA) is 48.3 Å². The van der Waals surface area contributed by atoms with Crippen molar-refractivity contribution in [3.05, 3.63) is 48.3 Å². The highest BCUT2D eigenvalue weighted by molar-refractivity contribution is 5.31. The molecule has 2 unspecified atom stereocenters. The minimum atomic E-state index is 0.0344. The largest absolute Gasteiger partial charge is 0.376 e. The van der Waals surface area contributed by atoms with Crippen molar-refractivity contribution >= 4 is 0 Å². The number of nitrogens with one attached hydrogen (secondary N) is 1. The lowest BCUT2D eigenvalue weighted by Gasteiger charge is -2.30. The Kier molecular flexibility index (Phi) is 4.65. The van der Waals surface area contributed by atoms with Crippen LogP contribution in [-0.4, -0.2) is 42.2 Å². The third-order valence-electron chi connectivity index (χ3n) is 3.62. The van der Waals surface area contributed by atoms with Gasteiger partial charge in [-0.3, -0.25) is 0 Å². The molecule has 5 nitrogen and oxygen atoms in total. The summed E-state index contributed by atoms with van der Waals surface area (Å²) in [7, 11) is 0. The standard InChI is InChI=1S/C16H21N3O2/c1-2-17-16(15-12-20-8-9-21-15)13-10-18-19(11-13)14-6-4-3-5-7-14/h3-7,10-11,15-17H,2,8-9,12H2,1H3. The summed E-state index contributed by atoms with van der Waals surface area (Å²) in [5, 5.41) is 7.94. The van der Waals surface area contributed by atoms with Gasteiger partial charge in [-0.2, -0.15) is 5.10 Å². The molecule has 1 fully saturated rings. The fraction of sp³-hybridized carbons (Fsp3) is 0.438. The van der Waals surface area contributed by atoms with Crippen LogP contribution in [0.1, 0.15) is 18.5 Å². The highest BCUT2D eigenvalue weighted by Crippen LogP contribution is 2.22. The molecular formula is C16H21N3O2. The first-order chi connectivity index (χ1) is 10.4. The lowest BCUT2D eigenvalue weighted by Crippen LogP contribution is -2.40. The second-order valence-electron chi connectivity index (χ2n) is 5.07. The zero-order valence-corrected chi connectivity index (χ0v) is 12.2.